The SMILES string of the molecule is O=C(NC1CCS(=O)(=O)C1)c1ccnc(C(=O)NCc2ccccn2)c1. The largest absolute Gasteiger partial charge is 0.348 e. The van der Waals surface area contributed by atoms with Gasteiger partial charge in [-0.3, -0.25) is 19.6 Å². The van der Waals surface area contributed by atoms with E-state index in [4.69, 9.17) is 0 Å². The average Bonchev–Trinajstić information content (AvgIpc) is 2.99. The average molecular weight is 374 g/mol. The molecule has 136 valence electrons. The van der Waals surface area contributed by atoms with E-state index in [1.54, 1.807) is 18.3 Å². The number of rotatable bonds is 5. The molecule has 1 saturated heterocycles. The standard InChI is InChI=1S/C17H18N4O4S/c22-16(21-14-5-8-26(24,25)11-14)12-4-7-19-15(9-12)17(23)20-10-13-3-1-2-6-18-13/h1-4,6-7,9,14H,5,8,10-11H2,(H,20,23)(H,21,22). The zero-order chi connectivity index (χ0) is 18.6. The van der Waals surface area contributed by atoms with E-state index in [1.807, 2.05) is 6.07 Å². The van der Waals surface area contributed by atoms with Crippen molar-refractivity contribution in [1.82, 2.24) is 20.6 Å². The van der Waals surface area contributed by atoms with Gasteiger partial charge in [0.1, 0.15) is 5.69 Å². The lowest BCUT2D eigenvalue weighted by molar-refractivity contribution is 0.0941. The Morgan fingerprint density at radius 3 is 2.65 bits per heavy atom. The molecule has 0 radical (unpaired) electrons. The highest BCUT2D eigenvalue weighted by atomic mass is 32.2. The number of carbonyl (C=O) groups excluding carboxylic acids is 2. The van der Waals surface area contributed by atoms with E-state index in [0.29, 0.717) is 12.1 Å². The Morgan fingerprint density at radius 1 is 1.12 bits per heavy atom. The molecule has 3 rings (SSSR count). The predicted molar refractivity (Wildman–Crippen MR) is 94.2 cm³/mol. The van der Waals surface area contributed by atoms with Crippen molar-refractivity contribution in [3.8, 4) is 0 Å². The lowest BCUT2D eigenvalue weighted by Gasteiger charge is -2.11. The van der Waals surface area contributed by atoms with E-state index < -0.39 is 27.7 Å². The quantitative estimate of drug-likeness (QED) is 0.778. The maximum atomic E-state index is 12.3. The van der Waals surface area contributed by atoms with Gasteiger partial charge in [0.05, 0.1) is 23.7 Å². The second-order valence-electron chi connectivity index (χ2n) is 6.01. The van der Waals surface area contributed by atoms with Gasteiger partial charge in [0.2, 0.25) is 0 Å². The van der Waals surface area contributed by atoms with Crippen molar-refractivity contribution >= 4 is 21.7 Å². The van der Waals surface area contributed by atoms with Crippen LogP contribution in [0, 0.1) is 0 Å². The lowest BCUT2D eigenvalue weighted by Crippen LogP contribution is -2.35. The third-order valence-electron chi connectivity index (χ3n) is 3.98. The number of amides is 2. The Kier molecular flexibility index (Phi) is 5.27. The maximum Gasteiger partial charge on any atom is 0.270 e. The van der Waals surface area contributed by atoms with Crippen LogP contribution in [0.1, 0.15) is 33.0 Å². The molecule has 1 fully saturated rings. The maximum absolute atomic E-state index is 12.3. The molecule has 1 aliphatic heterocycles. The van der Waals surface area contributed by atoms with E-state index in [2.05, 4.69) is 20.6 Å². The number of nitrogens with zero attached hydrogens (tertiary/aromatic N) is 2. The number of aromatic nitrogens is 2. The molecule has 0 spiro atoms. The normalized spacial score (nSPS) is 18.2. The fourth-order valence-corrected chi connectivity index (χ4v) is 4.31. The number of sulfone groups is 1. The third kappa shape index (κ3) is 4.63. The van der Waals surface area contributed by atoms with E-state index in [9.17, 15) is 18.0 Å². The summed E-state index contributed by atoms with van der Waals surface area (Å²) >= 11 is 0. The molecule has 2 aromatic heterocycles. The van der Waals surface area contributed by atoms with Gasteiger partial charge in [0.25, 0.3) is 11.8 Å². The zero-order valence-electron chi connectivity index (χ0n) is 13.9. The summed E-state index contributed by atoms with van der Waals surface area (Å²) in [6, 6.07) is 7.85. The molecule has 1 unspecified atom stereocenters. The summed E-state index contributed by atoms with van der Waals surface area (Å²) in [5.41, 5.74) is 1.07. The van der Waals surface area contributed by atoms with Gasteiger partial charge in [-0.25, -0.2) is 8.42 Å². The summed E-state index contributed by atoms with van der Waals surface area (Å²) in [4.78, 5) is 32.6. The van der Waals surface area contributed by atoms with Gasteiger partial charge < -0.3 is 10.6 Å². The molecule has 9 heteroatoms. The van der Waals surface area contributed by atoms with Crippen molar-refractivity contribution in [2.75, 3.05) is 11.5 Å². The van der Waals surface area contributed by atoms with Crippen molar-refractivity contribution in [3.05, 3.63) is 59.7 Å². The van der Waals surface area contributed by atoms with Crippen LogP contribution in [0.25, 0.3) is 0 Å². The summed E-state index contributed by atoms with van der Waals surface area (Å²) < 4.78 is 22.9. The molecule has 0 aromatic carbocycles. The molecule has 0 saturated carbocycles. The molecule has 8 nitrogen and oxygen atoms in total. The van der Waals surface area contributed by atoms with Gasteiger partial charge >= 0.3 is 0 Å². The van der Waals surface area contributed by atoms with Crippen molar-refractivity contribution in [2.45, 2.75) is 19.0 Å². The molecule has 1 atom stereocenters. The molecule has 3 heterocycles. The summed E-state index contributed by atoms with van der Waals surface area (Å²) in [7, 11) is -3.08. The first kappa shape index (κ1) is 18.0. The summed E-state index contributed by atoms with van der Waals surface area (Å²) in [5.74, 6) is -0.821. The number of hydrogen-bond acceptors (Lipinski definition) is 6. The van der Waals surface area contributed by atoms with Crippen LogP contribution >= 0.6 is 0 Å². The van der Waals surface area contributed by atoms with Crippen molar-refractivity contribution in [2.24, 2.45) is 0 Å². The fourth-order valence-electron chi connectivity index (χ4n) is 2.64. The van der Waals surface area contributed by atoms with Crippen molar-refractivity contribution in [3.63, 3.8) is 0 Å². The first-order valence-corrected chi connectivity index (χ1v) is 9.90. The second-order valence-corrected chi connectivity index (χ2v) is 8.24. The van der Waals surface area contributed by atoms with E-state index in [0.717, 1.165) is 0 Å². The molecule has 0 bridgehead atoms. The Morgan fingerprint density at radius 2 is 1.96 bits per heavy atom. The second kappa shape index (κ2) is 7.61. The minimum absolute atomic E-state index is 0.0543. The van der Waals surface area contributed by atoms with Crippen LogP contribution in [-0.4, -0.2) is 47.7 Å². The monoisotopic (exact) mass is 374 g/mol. The molecule has 2 N–H and O–H groups in total. The van der Waals surface area contributed by atoms with Crippen LogP contribution in [0.3, 0.4) is 0 Å². The Bertz CT molecular complexity index is 915. The highest BCUT2D eigenvalue weighted by Crippen LogP contribution is 2.12. The minimum Gasteiger partial charge on any atom is -0.348 e. The van der Waals surface area contributed by atoms with E-state index >= 15 is 0 Å². The van der Waals surface area contributed by atoms with E-state index in [-0.39, 0.29) is 29.3 Å². The van der Waals surface area contributed by atoms with Gasteiger partial charge in [-0.15, -0.1) is 0 Å². The minimum atomic E-state index is -3.08. The van der Waals surface area contributed by atoms with Crippen LogP contribution in [-0.2, 0) is 16.4 Å². The lowest BCUT2D eigenvalue weighted by atomic mass is 10.2. The van der Waals surface area contributed by atoms with Crippen LogP contribution in [0.15, 0.2) is 42.7 Å². The van der Waals surface area contributed by atoms with Crippen molar-refractivity contribution < 1.29 is 18.0 Å². The number of pyridine rings is 2. The van der Waals surface area contributed by atoms with E-state index in [1.165, 1.54) is 18.3 Å². The van der Waals surface area contributed by atoms with Crippen molar-refractivity contribution in [1.29, 1.82) is 0 Å². The highest BCUT2D eigenvalue weighted by Gasteiger charge is 2.29. The molecular weight excluding hydrogens is 356 g/mol. The molecule has 2 aromatic rings. The topological polar surface area (TPSA) is 118 Å². The summed E-state index contributed by atoms with van der Waals surface area (Å²) in [5, 5.41) is 5.38. The van der Waals surface area contributed by atoms with Crippen LogP contribution in [0.2, 0.25) is 0 Å². The summed E-state index contributed by atoms with van der Waals surface area (Å²) in [6.07, 6.45) is 3.40. The van der Waals surface area contributed by atoms with Gasteiger partial charge in [0, 0.05) is 24.0 Å². The molecule has 2 amide bonds. The Hall–Kier alpha value is -2.81. The van der Waals surface area contributed by atoms with Crippen LogP contribution < -0.4 is 10.6 Å². The smallest absolute Gasteiger partial charge is 0.270 e. The Labute approximate surface area is 151 Å². The molecule has 0 aliphatic carbocycles. The Balaban J connectivity index is 1.62. The number of carbonyl (C=O) groups is 2. The number of nitrogens with one attached hydrogen (secondary N) is 2. The first-order valence-electron chi connectivity index (χ1n) is 8.08. The highest BCUT2D eigenvalue weighted by molar-refractivity contribution is 7.91. The first-order chi connectivity index (χ1) is 12.4. The van der Waals surface area contributed by atoms with Gasteiger partial charge in [-0.05, 0) is 30.7 Å². The molecule has 26 heavy (non-hydrogen) atoms. The zero-order valence-corrected chi connectivity index (χ0v) is 14.7. The van der Waals surface area contributed by atoms with Gasteiger partial charge in [-0.1, -0.05) is 6.07 Å². The third-order valence-corrected chi connectivity index (χ3v) is 5.75. The van der Waals surface area contributed by atoms with Crippen LogP contribution in [0.5, 0.6) is 0 Å². The number of hydrogen-bond donors (Lipinski definition) is 2. The summed E-state index contributed by atoms with van der Waals surface area (Å²) in [6.45, 7) is 0.248. The van der Waals surface area contributed by atoms with Gasteiger partial charge in [0.15, 0.2) is 9.84 Å². The molecule has 1 aliphatic rings. The molecular formula is C17H18N4O4S. The fraction of sp³-hybridized carbons (Fsp3) is 0.294. The van der Waals surface area contributed by atoms with Gasteiger partial charge in [-0.2, -0.15) is 0 Å². The predicted octanol–water partition coefficient (Wildman–Crippen LogP) is 0.324. The van der Waals surface area contributed by atoms with Crippen LogP contribution in [0.4, 0.5) is 0 Å².